The second kappa shape index (κ2) is 5.67. The van der Waals surface area contributed by atoms with Crippen LogP contribution in [0.3, 0.4) is 0 Å². The van der Waals surface area contributed by atoms with Gasteiger partial charge < -0.3 is 5.32 Å². The van der Waals surface area contributed by atoms with Gasteiger partial charge in [0.1, 0.15) is 0 Å². The molecule has 1 rings (SSSR count). The van der Waals surface area contributed by atoms with E-state index in [-0.39, 0.29) is 28.4 Å². The predicted molar refractivity (Wildman–Crippen MR) is 68.6 cm³/mol. The summed E-state index contributed by atoms with van der Waals surface area (Å²) in [6, 6.07) is 0. The standard InChI is InChI=1S/C10H21NO4S2/c1-9(2)17(14,15)6-4-11-7-10-3-5-16(12,13)8-10/h9-11H,3-8H2,1-2H3. The van der Waals surface area contributed by atoms with E-state index in [1.165, 1.54) is 0 Å². The second-order valence-electron chi connectivity index (χ2n) is 4.89. The molecule has 1 aliphatic rings. The molecule has 1 fully saturated rings. The van der Waals surface area contributed by atoms with Crippen LogP contribution in [-0.2, 0) is 19.7 Å². The van der Waals surface area contributed by atoms with E-state index in [0.717, 1.165) is 0 Å². The van der Waals surface area contributed by atoms with Gasteiger partial charge in [0.05, 0.1) is 22.5 Å². The predicted octanol–water partition coefficient (Wildman–Crippen LogP) is -0.166. The van der Waals surface area contributed by atoms with E-state index in [9.17, 15) is 16.8 Å². The minimum Gasteiger partial charge on any atom is -0.315 e. The van der Waals surface area contributed by atoms with Gasteiger partial charge in [-0.1, -0.05) is 0 Å². The highest BCUT2D eigenvalue weighted by Gasteiger charge is 2.27. The molecule has 0 saturated carbocycles. The van der Waals surface area contributed by atoms with Crippen molar-refractivity contribution in [3.8, 4) is 0 Å². The third kappa shape index (κ3) is 4.93. The van der Waals surface area contributed by atoms with E-state index in [4.69, 9.17) is 0 Å². The van der Waals surface area contributed by atoms with Crippen LogP contribution in [0, 0.1) is 5.92 Å². The fourth-order valence-electron chi connectivity index (χ4n) is 1.79. The molecule has 1 heterocycles. The van der Waals surface area contributed by atoms with Crippen LogP contribution in [0.25, 0.3) is 0 Å². The Morgan fingerprint density at radius 1 is 1.35 bits per heavy atom. The minimum absolute atomic E-state index is 0.115. The Labute approximate surface area is 104 Å². The van der Waals surface area contributed by atoms with E-state index < -0.39 is 19.7 Å². The van der Waals surface area contributed by atoms with Gasteiger partial charge in [-0.2, -0.15) is 0 Å². The van der Waals surface area contributed by atoms with Crippen LogP contribution in [0.2, 0.25) is 0 Å². The van der Waals surface area contributed by atoms with Crippen molar-refractivity contribution in [2.75, 3.05) is 30.3 Å². The van der Waals surface area contributed by atoms with Crippen LogP contribution in [0.15, 0.2) is 0 Å². The second-order valence-corrected chi connectivity index (χ2v) is 9.79. The number of rotatable bonds is 6. The van der Waals surface area contributed by atoms with Gasteiger partial charge in [-0.15, -0.1) is 0 Å². The summed E-state index contributed by atoms with van der Waals surface area (Å²) in [7, 11) is -5.83. The van der Waals surface area contributed by atoms with Gasteiger partial charge in [0, 0.05) is 6.54 Å². The lowest BCUT2D eigenvalue weighted by Gasteiger charge is -2.11. The molecule has 1 N–H and O–H groups in total. The average molecular weight is 283 g/mol. The third-order valence-corrected chi connectivity index (χ3v) is 7.09. The highest BCUT2D eigenvalue weighted by atomic mass is 32.2. The first-order valence-corrected chi connectivity index (χ1v) is 9.39. The van der Waals surface area contributed by atoms with Crippen molar-refractivity contribution in [1.82, 2.24) is 5.32 Å². The van der Waals surface area contributed by atoms with Crippen LogP contribution in [0.5, 0.6) is 0 Å². The number of hydrogen-bond acceptors (Lipinski definition) is 5. The van der Waals surface area contributed by atoms with E-state index in [1.54, 1.807) is 13.8 Å². The topological polar surface area (TPSA) is 80.3 Å². The summed E-state index contributed by atoms with van der Waals surface area (Å²) in [5.41, 5.74) is 0. The molecule has 1 unspecified atom stereocenters. The van der Waals surface area contributed by atoms with Crippen LogP contribution >= 0.6 is 0 Å². The van der Waals surface area contributed by atoms with E-state index in [0.29, 0.717) is 19.5 Å². The van der Waals surface area contributed by atoms with Crippen molar-refractivity contribution in [3.63, 3.8) is 0 Å². The number of nitrogens with one attached hydrogen (secondary N) is 1. The van der Waals surface area contributed by atoms with Crippen molar-refractivity contribution in [1.29, 1.82) is 0 Å². The summed E-state index contributed by atoms with van der Waals surface area (Å²) in [5, 5.41) is 2.68. The molecule has 0 aliphatic carbocycles. The zero-order valence-corrected chi connectivity index (χ0v) is 12.0. The highest BCUT2D eigenvalue weighted by molar-refractivity contribution is 7.92. The van der Waals surface area contributed by atoms with Gasteiger partial charge in [0.15, 0.2) is 19.7 Å². The van der Waals surface area contributed by atoms with Gasteiger partial charge in [0.25, 0.3) is 0 Å². The fraction of sp³-hybridized carbons (Fsp3) is 1.00. The number of sulfone groups is 2. The Morgan fingerprint density at radius 3 is 2.47 bits per heavy atom. The van der Waals surface area contributed by atoms with Gasteiger partial charge in [-0.3, -0.25) is 0 Å². The summed E-state index contributed by atoms with van der Waals surface area (Å²) in [4.78, 5) is 0. The summed E-state index contributed by atoms with van der Waals surface area (Å²) in [5.74, 6) is 0.756. The molecular formula is C10H21NO4S2. The van der Waals surface area contributed by atoms with Crippen molar-refractivity contribution in [3.05, 3.63) is 0 Å². The molecule has 17 heavy (non-hydrogen) atoms. The lowest BCUT2D eigenvalue weighted by atomic mass is 10.1. The van der Waals surface area contributed by atoms with Gasteiger partial charge in [-0.05, 0) is 32.7 Å². The largest absolute Gasteiger partial charge is 0.315 e. The Morgan fingerprint density at radius 2 is 2.00 bits per heavy atom. The Bertz CT molecular complexity index is 439. The van der Waals surface area contributed by atoms with Crippen molar-refractivity contribution < 1.29 is 16.8 Å². The van der Waals surface area contributed by atoms with Crippen LogP contribution < -0.4 is 5.32 Å². The molecule has 1 saturated heterocycles. The van der Waals surface area contributed by atoms with Crippen molar-refractivity contribution >= 4 is 19.7 Å². The maximum Gasteiger partial charge on any atom is 0.153 e. The lowest BCUT2D eigenvalue weighted by Crippen LogP contribution is -2.30. The molecule has 0 aromatic heterocycles. The van der Waals surface area contributed by atoms with Crippen LogP contribution in [-0.4, -0.2) is 52.4 Å². The molecule has 0 aromatic carbocycles. The fourth-order valence-corrected chi connectivity index (χ4v) is 4.55. The lowest BCUT2D eigenvalue weighted by molar-refractivity contribution is 0.527. The maximum absolute atomic E-state index is 11.5. The summed E-state index contributed by atoms with van der Waals surface area (Å²) in [6.45, 7) is 4.32. The average Bonchev–Trinajstić information content (AvgIpc) is 2.53. The van der Waals surface area contributed by atoms with Crippen LogP contribution in [0.4, 0.5) is 0 Å². The first kappa shape index (κ1) is 14.9. The van der Waals surface area contributed by atoms with E-state index in [1.807, 2.05) is 0 Å². The molecular weight excluding hydrogens is 262 g/mol. The molecule has 5 nitrogen and oxygen atoms in total. The zero-order valence-electron chi connectivity index (χ0n) is 10.3. The highest BCUT2D eigenvalue weighted by Crippen LogP contribution is 2.17. The molecule has 102 valence electrons. The summed E-state index contributed by atoms with van der Waals surface area (Å²) in [6.07, 6.45) is 0.687. The van der Waals surface area contributed by atoms with Gasteiger partial charge in [-0.25, -0.2) is 16.8 Å². The Kier molecular flexibility index (Phi) is 4.97. The monoisotopic (exact) mass is 283 g/mol. The quantitative estimate of drug-likeness (QED) is 0.685. The Hall–Kier alpha value is -0.140. The maximum atomic E-state index is 11.5. The molecule has 1 aliphatic heterocycles. The van der Waals surface area contributed by atoms with E-state index in [2.05, 4.69) is 5.32 Å². The molecule has 0 spiro atoms. The first-order valence-electron chi connectivity index (χ1n) is 5.85. The zero-order chi connectivity index (χ0) is 13.1. The van der Waals surface area contributed by atoms with Crippen LogP contribution in [0.1, 0.15) is 20.3 Å². The molecule has 7 heteroatoms. The molecule has 1 atom stereocenters. The summed E-state index contributed by atoms with van der Waals surface area (Å²) >= 11 is 0. The number of hydrogen-bond donors (Lipinski definition) is 1. The van der Waals surface area contributed by atoms with E-state index >= 15 is 0 Å². The smallest absolute Gasteiger partial charge is 0.153 e. The molecule has 0 aromatic rings. The van der Waals surface area contributed by atoms with Gasteiger partial charge >= 0.3 is 0 Å². The SMILES string of the molecule is CC(C)S(=O)(=O)CCNCC1CCS(=O)(=O)C1. The molecule has 0 radical (unpaired) electrons. The molecule has 0 bridgehead atoms. The first-order chi connectivity index (χ1) is 7.73. The minimum atomic E-state index is -3.00. The van der Waals surface area contributed by atoms with Crippen molar-refractivity contribution in [2.24, 2.45) is 5.92 Å². The normalized spacial score (nSPS) is 24.3. The third-order valence-electron chi connectivity index (χ3n) is 3.04. The van der Waals surface area contributed by atoms with Gasteiger partial charge in [0.2, 0.25) is 0 Å². The molecule has 0 amide bonds. The summed E-state index contributed by atoms with van der Waals surface area (Å²) < 4.78 is 45.4. The Balaban J connectivity index is 2.22. The van der Waals surface area contributed by atoms with Crippen molar-refractivity contribution in [2.45, 2.75) is 25.5 Å².